The standard InChI is InChI=1S/C12H18ClFN2O2S/c1-4-12(2,3)7-16-19(17,18)10-6-8(13)5-9(15)11(10)14/h5-6,16H,4,7,15H2,1-3H3. The number of anilines is 1. The minimum Gasteiger partial charge on any atom is -0.396 e. The monoisotopic (exact) mass is 308 g/mol. The molecule has 0 aromatic heterocycles. The fraction of sp³-hybridized carbons (Fsp3) is 0.500. The SMILES string of the molecule is CCC(C)(C)CNS(=O)(=O)c1cc(Cl)cc(N)c1F. The van der Waals surface area contributed by atoms with E-state index in [1.54, 1.807) is 0 Å². The molecule has 0 fully saturated rings. The molecule has 0 radical (unpaired) electrons. The molecule has 0 bridgehead atoms. The van der Waals surface area contributed by atoms with Crippen molar-refractivity contribution in [2.45, 2.75) is 32.1 Å². The minimum atomic E-state index is -3.97. The van der Waals surface area contributed by atoms with Gasteiger partial charge in [-0.25, -0.2) is 17.5 Å². The van der Waals surface area contributed by atoms with E-state index >= 15 is 0 Å². The van der Waals surface area contributed by atoms with Gasteiger partial charge >= 0.3 is 0 Å². The quantitative estimate of drug-likeness (QED) is 0.822. The van der Waals surface area contributed by atoms with Gasteiger partial charge in [-0.3, -0.25) is 0 Å². The first-order valence-electron chi connectivity index (χ1n) is 5.83. The first-order valence-corrected chi connectivity index (χ1v) is 7.69. The first kappa shape index (κ1) is 16.2. The molecule has 7 heteroatoms. The number of benzene rings is 1. The molecule has 0 heterocycles. The number of hydrogen-bond acceptors (Lipinski definition) is 3. The Morgan fingerprint density at radius 2 is 2.00 bits per heavy atom. The van der Waals surface area contributed by atoms with Gasteiger partial charge in [0.2, 0.25) is 10.0 Å². The molecule has 1 rings (SSSR count). The number of sulfonamides is 1. The molecule has 0 unspecified atom stereocenters. The van der Waals surface area contributed by atoms with Crippen LogP contribution in [0.4, 0.5) is 10.1 Å². The third kappa shape index (κ3) is 4.06. The topological polar surface area (TPSA) is 72.2 Å². The van der Waals surface area contributed by atoms with Gasteiger partial charge in [0.15, 0.2) is 5.82 Å². The molecule has 19 heavy (non-hydrogen) atoms. The fourth-order valence-corrected chi connectivity index (χ4v) is 2.94. The molecule has 0 aliphatic carbocycles. The summed E-state index contributed by atoms with van der Waals surface area (Å²) < 4.78 is 40.3. The molecule has 3 N–H and O–H groups in total. The summed E-state index contributed by atoms with van der Waals surface area (Å²) >= 11 is 5.71. The second-order valence-corrected chi connectivity index (χ2v) is 7.32. The highest BCUT2D eigenvalue weighted by Crippen LogP contribution is 2.26. The van der Waals surface area contributed by atoms with Gasteiger partial charge in [0, 0.05) is 11.6 Å². The first-order chi connectivity index (χ1) is 8.59. The Kier molecular flexibility index (Phi) is 4.81. The molecule has 0 spiro atoms. The second kappa shape index (κ2) is 5.64. The highest BCUT2D eigenvalue weighted by molar-refractivity contribution is 7.89. The van der Waals surface area contributed by atoms with E-state index < -0.39 is 20.7 Å². The average Bonchev–Trinajstić information content (AvgIpc) is 2.31. The molecule has 1 aromatic carbocycles. The van der Waals surface area contributed by atoms with Gasteiger partial charge in [-0.15, -0.1) is 0 Å². The summed E-state index contributed by atoms with van der Waals surface area (Å²) in [6.45, 7) is 5.99. The maximum Gasteiger partial charge on any atom is 0.243 e. The van der Waals surface area contributed by atoms with Crippen molar-refractivity contribution in [3.05, 3.63) is 23.0 Å². The van der Waals surface area contributed by atoms with Crippen LogP contribution in [0.1, 0.15) is 27.2 Å². The van der Waals surface area contributed by atoms with Crippen molar-refractivity contribution >= 4 is 27.3 Å². The van der Waals surface area contributed by atoms with Crippen molar-refractivity contribution in [3.8, 4) is 0 Å². The number of nitrogens with one attached hydrogen (secondary N) is 1. The van der Waals surface area contributed by atoms with Crippen molar-refractivity contribution in [2.75, 3.05) is 12.3 Å². The van der Waals surface area contributed by atoms with Gasteiger partial charge in [0.1, 0.15) is 4.90 Å². The van der Waals surface area contributed by atoms with Crippen LogP contribution in [-0.2, 0) is 10.0 Å². The van der Waals surface area contributed by atoms with Crippen LogP contribution >= 0.6 is 11.6 Å². The van der Waals surface area contributed by atoms with Crippen LogP contribution in [0.5, 0.6) is 0 Å². The Balaban J connectivity index is 3.08. The van der Waals surface area contributed by atoms with E-state index in [1.807, 2.05) is 20.8 Å². The van der Waals surface area contributed by atoms with Gasteiger partial charge in [-0.1, -0.05) is 32.4 Å². The highest BCUT2D eigenvalue weighted by Gasteiger charge is 2.24. The molecular formula is C12H18ClFN2O2S. The van der Waals surface area contributed by atoms with Crippen LogP contribution < -0.4 is 10.5 Å². The average molecular weight is 309 g/mol. The lowest BCUT2D eigenvalue weighted by Crippen LogP contribution is -2.34. The largest absolute Gasteiger partial charge is 0.396 e. The lowest BCUT2D eigenvalue weighted by Gasteiger charge is -2.23. The highest BCUT2D eigenvalue weighted by atomic mass is 35.5. The normalized spacial score (nSPS) is 12.7. The van der Waals surface area contributed by atoms with Crippen molar-refractivity contribution in [1.82, 2.24) is 4.72 Å². The van der Waals surface area contributed by atoms with E-state index in [4.69, 9.17) is 17.3 Å². The number of hydrogen-bond donors (Lipinski definition) is 2. The Labute approximate surface area is 118 Å². The zero-order valence-corrected chi connectivity index (χ0v) is 12.7. The van der Waals surface area contributed by atoms with Crippen LogP contribution in [0.15, 0.2) is 17.0 Å². The Bertz CT molecular complexity index is 573. The fourth-order valence-electron chi connectivity index (χ4n) is 1.27. The summed E-state index contributed by atoms with van der Waals surface area (Å²) in [5, 5.41) is 0.0778. The molecule has 0 saturated heterocycles. The van der Waals surface area contributed by atoms with Gasteiger partial charge in [0.05, 0.1) is 5.69 Å². The Hall–Kier alpha value is -0.850. The summed E-state index contributed by atoms with van der Waals surface area (Å²) in [5.41, 5.74) is 4.87. The molecule has 0 atom stereocenters. The van der Waals surface area contributed by atoms with Crippen molar-refractivity contribution in [3.63, 3.8) is 0 Å². The maximum atomic E-state index is 13.8. The minimum absolute atomic E-state index is 0.0778. The molecule has 0 amide bonds. The van der Waals surface area contributed by atoms with Crippen LogP contribution in [0.3, 0.4) is 0 Å². The molecule has 1 aromatic rings. The van der Waals surface area contributed by atoms with E-state index in [1.165, 1.54) is 6.07 Å². The lowest BCUT2D eigenvalue weighted by atomic mass is 9.91. The van der Waals surface area contributed by atoms with E-state index in [9.17, 15) is 12.8 Å². The predicted octanol–water partition coefficient (Wildman–Crippen LogP) is 2.78. The van der Waals surface area contributed by atoms with Crippen molar-refractivity contribution in [1.29, 1.82) is 0 Å². The molecule has 0 saturated carbocycles. The van der Waals surface area contributed by atoms with Crippen LogP contribution in [0, 0.1) is 11.2 Å². The Morgan fingerprint density at radius 3 is 2.53 bits per heavy atom. The number of rotatable bonds is 5. The maximum absolute atomic E-state index is 13.8. The van der Waals surface area contributed by atoms with Crippen molar-refractivity contribution in [2.24, 2.45) is 5.41 Å². The number of nitrogen functional groups attached to an aromatic ring is 1. The van der Waals surface area contributed by atoms with Gasteiger partial charge in [-0.05, 0) is 24.0 Å². The molecular weight excluding hydrogens is 291 g/mol. The molecule has 4 nitrogen and oxygen atoms in total. The zero-order valence-electron chi connectivity index (χ0n) is 11.1. The second-order valence-electron chi connectivity index (χ2n) is 5.15. The van der Waals surface area contributed by atoms with Gasteiger partial charge in [0.25, 0.3) is 0 Å². The van der Waals surface area contributed by atoms with E-state index in [-0.39, 0.29) is 22.7 Å². The molecule has 0 aliphatic rings. The smallest absolute Gasteiger partial charge is 0.243 e. The lowest BCUT2D eigenvalue weighted by molar-refractivity contribution is 0.350. The molecule has 0 aliphatic heterocycles. The third-order valence-electron chi connectivity index (χ3n) is 3.02. The van der Waals surface area contributed by atoms with Crippen LogP contribution in [0.25, 0.3) is 0 Å². The summed E-state index contributed by atoms with van der Waals surface area (Å²) in [6.07, 6.45) is 0.787. The number of nitrogens with two attached hydrogens (primary N) is 1. The van der Waals surface area contributed by atoms with Gasteiger partial charge in [-0.2, -0.15) is 0 Å². The van der Waals surface area contributed by atoms with Crippen molar-refractivity contribution < 1.29 is 12.8 Å². The molecule has 108 valence electrons. The zero-order chi connectivity index (χ0) is 14.8. The summed E-state index contributed by atoms with van der Waals surface area (Å²) in [5.74, 6) is -0.980. The van der Waals surface area contributed by atoms with E-state index in [0.717, 1.165) is 12.5 Å². The van der Waals surface area contributed by atoms with E-state index in [0.29, 0.717) is 0 Å². The van der Waals surface area contributed by atoms with Crippen LogP contribution in [0.2, 0.25) is 5.02 Å². The predicted molar refractivity (Wildman–Crippen MR) is 75.1 cm³/mol. The van der Waals surface area contributed by atoms with Crippen LogP contribution in [-0.4, -0.2) is 15.0 Å². The summed E-state index contributed by atoms with van der Waals surface area (Å²) in [4.78, 5) is -0.524. The van der Waals surface area contributed by atoms with E-state index in [2.05, 4.69) is 4.72 Å². The van der Waals surface area contributed by atoms with Gasteiger partial charge < -0.3 is 5.73 Å². The summed E-state index contributed by atoms with van der Waals surface area (Å²) in [6, 6.07) is 2.22. The Morgan fingerprint density at radius 1 is 1.42 bits per heavy atom. The third-order valence-corrected chi connectivity index (χ3v) is 4.64. The number of halogens is 2. The summed E-state index contributed by atoms with van der Waals surface area (Å²) in [7, 11) is -3.97.